The Bertz CT molecular complexity index is 416. The Morgan fingerprint density at radius 1 is 1.48 bits per heavy atom. The van der Waals surface area contributed by atoms with Crippen LogP contribution in [-0.4, -0.2) is 67.6 Å². The van der Waals surface area contributed by atoms with E-state index < -0.39 is 22.2 Å². The highest BCUT2D eigenvalue weighted by molar-refractivity contribution is 7.99. The summed E-state index contributed by atoms with van der Waals surface area (Å²) in [4.78, 5) is 11.8. The molecule has 0 aliphatic carbocycles. The Balaban J connectivity index is 2.43. The van der Waals surface area contributed by atoms with Crippen molar-refractivity contribution in [3.63, 3.8) is 0 Å². The van der Waals surface area contributed by atoms with Crippen LogP contribution in [0.1, 0.15) is 26.2 Å². The van der Waals surface area contributed by atoms with Crippen LogP contribution in [-0.2, 0) is 19.7 Å². The minimum absolute atomic E-state index is 0.147. The molecule has 1 rings (SSSR count). The molecule has 21 heavy (non-hydrogen) atoms. The fourth-order valence-electron chi connectivity index (χ4n) is 2.10. The molecule has 0 aromatic carbocycles. The molecule has 0 amide bonds. The maximum absolute atomic E-state index is 12.2. The number of nitrogens with zero attached hydrogens (tertiary/aromatic N) is 1. The number of ether oxygens (including phenoxy) is 1. The van der Waals surface area contributed by atoms with Gasteiger partial charge in [-0.05, 0) is 31.9 Å². The van der Waals surface area contributed by atoms with Crippen molar-refractivity contribution in [2.75, 3.05) is 37.8 Å². The van der Waals surface area contributed by atoms with Crippen LogP contribution in [0.2, 0.25) is 0 Å². The van der Waals surface area contributed by atoms with Crippen LogP contribution in [0.25, 0.3) is 0 Å². The summed E-state index contributed by atoms with van der Waals surface area (Å²) < 4.78 is 33.0. The first kappa shape index (κ1) is 18.7. The zero-order valence-corrected chi connectivity index (χ0v) is 13.9. The summed E-state index contributed by atoms with van der Waals surface area (Å²) in [7, 11) is -3.65. The Morgan fingerprint density at radius 2 is 2.24 bits per heavy atom. The standard InChI is InChI=1S/C12H24N2O5S2/c1-2-19-12(16)11-5-3-7-14(11)21(17,18)13-6-10-20-9-4-8-15/h11,13,15H,2-10H2,1H3. The quantitative estimate of drug-likeness (QED) is 0.428. The van der Waals surface area contributed by atoms with E-state index in [1.165, 1.54) is 4.31 Å². The van der Waals surface area contributed by atoms with Gasteiger partial charge in [-0.25, -0.2) is 4.72 Å². The minimum atomic E-state index is -3.65. The summed E-state index contributed by atoms with van der Waals surface area (Å²) in [6, 6.07) is -0.704. The summed E-state index contributed by atoms with van der Waals surface area (Å²) in [6.07, 6.45) is 1.87. The van der Waals surface area contributed by atoms with Crippen LogP contribution in [0, 0.1) is 0 Å². The lowest BCUT2D eigenvalue weighted by atomic mass is 10.2. The van der Waals surface area contributed by atoms with Crippen molar-refractivity contribution in [2.24, 2.45) is 0 Å². The molecule has 0 aromatic heterocycles. The third-order valence-corrected chi connectivity index (χ3v) is 5.74. The number of esters is 1. The van der Waals surface area contributed by atoms with Gasteiger partial charge in [0.25, 0.3) is 10.2 Å². The van der Waals surface area contributed by atoms with E-state index in [0.717, 1.165) is 5.75 Å². The predicted molar refractivity (Wildman–Crippen MR) is 82.3 cm³/mol. The van der Waals surface area contributed by atoms with Crippen LogP contribution in [0.5, 0.6) is 0 Å². The highest BCUT2D eigenvalue weighted by Gasteiger charge is 2.39. The van der Waals surface area contributed by atoms with E-state index in [1.54, 1.807) is 18.7 Å². The number of nitrogens with one attached hydrogen (secondary N) is 1. The number of thioether (sulfide) groups is 1. The van der Waals surface area contributed by atoms with Crippen LogP contribution in [0.15, 0.2) is 0 Å². The third-order valence-electron chi connectivity index (χ3n) is 3.05. The fourth-order valence-corrected chi connectivity index (χ4v) is 4.43. The number of rotatable bonds is 10. The number of aliphatic hydroxyl groups is 1. The first-order valence-corrected chi connectivity index (χ1v) is 9.74. The average molecular weight is 340 g/mol. The lowest BCUT2D eigenvalue weighted by Gasteiger charge is -2.22. The van der Waals surface area contributed by atoms with Crippen LogP contribution in [0.4, 0.5) is 0 Å². The Labute approximate surface area is 130 Å². The van der Waals surface area contributed by atoms with Crippen molar-refractivity contribution in [1.82, 2.24) is 9.03 Å². The molecule has 9 heteroatoms. The molecule has 0 bridgehead atoms. The molecule has 0 spiro atoms. The number of hydrogen-bond donors (Lipinski definition) is 2. The molecule has 0 aromatic rings. The molecule has 1 saturated heterocycles. The van der Waals surface area contributed by atoms with Crippen molar-refractivity contribution < 1.29 is 23.1 Å². The SMILES string of the molecule is CCOC(=O)C1CCCN1S(=O)(=O)NCCSCCCO. The van der Waals surface area contributed by atoms with Gasteiger partial charge in [0.2, 0.25) is 0 Å². The van der Waals surface area contributed by atoms with E-state index in [2.05, 4.69) is 4.72 Å². The molecule has 1 heterocycles. The van der Waals surface area contributed by atoms with Crippen molar-refractivity contribution in [2.45, 2.75) is 32.2 Å². The molecule has 1 aliphatic heterocycles. The van der Waals surface area contributed by atoms with E-state index in [0.29, 0.717) is 38.1 Å². The van der Waals surface area contributed by atoms with E-state index in [1.807, 2.05) is 0 Å². The predicted octanol–water partition coefficient (Wildman–Crippen LogP) is -0.0361. The molecule has 1 atom stereocenters. The topological polar surface area (TPSA) is 95.9 Å². The average Bonchev–Trinajstić information content (AvgIpc) is 2.93. The number of carbonyl (C=O) groups is 1. The molecule has 124 valence electrons. The number of carbonyl (C=O) groups excluding carboxylic acids is 1. The lowest BCUT2D eigenvalue weighted by molar-refractivity contribution is -0.146. The maximum atomic E-state index is 12.2. The van der Waals surface area contributed by atoms with Gasteiger partial charge < -0.3 is 9.84 Å². The van der Waals surface area contributed by atoms with Gasteiger partial charge in [-0.2, -0.15) is 24.5 Å². The smallest absolute Gasteiger partial charge is 0.324 e. The highest BCUT2D eigenvalue weighted by atomic mass is 32.2. The molecular formula is C12H24N2O5S2. The van der Waals surface area contributed by atoms with Crippen LogP contribution < -0.4 is 4.72 Å². The Morgan fingerprint density at radius 3 is 2.90 bits per heavy atom. The summed E-state index contributed by atoms with van der Waals surface area (Å²) >= 11 is 1.58. The Kier molecular flexibility index (Phi) is 8.57. The summed E-state index contributed by atoms with van der Waals surface area (Å²) in [5, 5.41) is 8.65. The second-order valence-electron chi connectivity index (χ2n) is 4.61. The normalized spacial score (nSPS) is 19.8. The van der Waals surface area contributed by atoms with E-state index >= 15 is 0 Å². The van der Waals surface area contributed by atoms with E-state index in [4.69, 9.17) is 9.84 Å². The molecule has 7 nitrogen and oxygen atoms in total. The monoisotopic (exact) mass is 340 g/mol. The van der Waals surface area contributed by atoms with Gasteiger partial charge in [0.15, 0.2) is 0 Å². The second kappa shape index (κ2) is 9.62. The zero-order chi connectivity index (χ0) is 15.7. The number of hydrogen-bond acceptors (Lipinski definition) is 6. The third kappa shape index (κ3) is 6.11. The van der Waals surface area contributed by atoms with E-state index in [-0.39, 0.29) is 13.2 Å². The summed E-state index contributed by atoms with van der Waals surface area (Å²) in [6.45, 7) is 2.75. The molecule has 0 radical (unpaired) electrons. The van der Waals surface area contributed by atoms with Crippen molar-refractivity contribution in [1.29, 1.82) is 0 Å². The van der Waals surface area contributed by atoms with Crippen LogP contribution in [0.3, 0.4) is 0 Å². The van der Waals surface area contributed by atoms with Gasteiger partial charge in [-0.1, -0.05) is 0 Å². The summed E-state index contributed by atoms with van der Waals surface area (Å²) in [5.74, 6) is 0.961. The highest BCUT2D eigenvalue weighted by Crippen LogP contribution is 2.21. The zero-order valence-electron chi connectivity index (χ0n) is 12.3. The molecule has 0 saturated carbocycles. The largest absolute Gasteiger partial charge is 0.465 e. The Hall–Kier alpha value is -0.350. The number of aliphatic hydroxyl groups excluding tert-OH is 1. The molecule has 2 N–H and O–H groups in total. The van der Waals surface area contributed by atoms with Gasteiger partial charge in [-0.15, -0.1) is 0 Å². The fraction of sp³-hybridized carbons (Fsp3) is 0.917. The van der Waals surface area contributed by atoms with Gasteiger partial charge in [0, 0.05) is 25.4 Å². The van der Waals surface area contributed by atoms with Gasteiger partial charge in [-0.3, -0.25) is 4.79 Å². The van der Waals surface area contributed by atoms with Gasteiger partial charge in [0.05, 0.1) is 6.61 Å². The summed E-state index contributed by atoms with van der Waals surface area (Å²) in [5.41, 5.74) is 0. The van der Waals surface area contributed by atoms with Gasteiger partial charge in [0.1, 0.15) is 6.04 Å². The molecule has 1 fully saturated rings. The van der Waals surface area contributed by atoms with E-state index in [9.17, 15) is 13.2 Å². The molecule has 1 unspecified atom stereocenters. The van der Waals surface area contributed by atoms with Gasteiger partial charge >= 0.3 is 5.97 Å². The molecular weight excluding hydrogens is 316 g/mol. The van der Waals surface area contributed by atoms with Crippen molar-refractivity contribution in [3.8, 4) is 0 Å². The first-order valence-electron chi connectivity index (χ1n) is 7.14. The lowest BCUT2D eigenvalue weighted by Crippen LogP contribution is -2.47. The molecule has 1 aliphatic rings. The minimum Gasteiger partial charge on any atom is -0.465 e. The van der Waals surface area contributed by atoms with Crippen molar-refractivity contribution >= 4 is 27.9 Å². The second-order valence-corrected chi connectivity index (χ2v) is 7.54. The van der Waals surface area contributed by atoms with Crippen molar-refractivity contribution in [3.05, 3.63) is 0 Å². The van der Waals surface area contributed by atoms with Crippen LogP contribution >= 0.6 is 11.8 Å². The maximum Gasteiger partial charge on any atom is 0.324 e. The first-order chi connectivity index (χ1) is 10.0.